The van der Waals surface area contributed by atoms with Crippen LogP contribution in [0.4, 0.5) is 5.69 Å². The van der Waals surface area contributed by atoms with Gasteiger partial charge in [-0.1, -0.05) is 12.8 Å². The molecule has 132 valence electrons. The minimum absolute atomic E-state index is 0.177. The average Bonchev–Trinajstić information content (AvgIpc) is 2.99. The molecule has 2 aliphatic carbocycles. The summed E-state index contributed by atoms with van der Waals surface area (Å²) < 4.78 is 5.92. The molecule has 2 aliphatic rings. The van der Waals surface area contributed by atoms with Gasteiger partial charge in [0.25, 0.3) is 0 Å². The van der Waals surface area contributed by atoms with Crippen LogP contribution in [-0.2, 0) is 22.4 Å². The van der Waals surface area contributed by atoms with E-state index in [0.29, 0.717) is 12.8 Å². The number of carbonyl (C=O) groups excluding carboxylic acids is 1. The highest BCUT2D eigenvalue weighted by Crippen LogP contribution is 2.35. The van der Waals surface area contributed by atoms with E-state index in [-0.39, 0.29) is 5.91 Å². The fraction of sp³-hybridized carbons (Fsp3) is 0.500. The summed E-state index contributed by atoms with van der Waals surface area (Å²) in [4.78, 5) is 24.1. The molecule has 4 rings (SSSR count). The van der Waals surface area contributed by atoms with E-state index in [0.717, 1.165) is 54.5 Å². The maximum Gasteiger partial charge on any atom is 0.307 e. The van der Waals surface area contributed by atoms with Crippen molar-refractivity contribution in [2.24, 2.45) is 11.8 Å². The second-order valence-corrected chi connectivity index (χ2v) is 7.25. The molecule has 0 saturated heterocycles. The highest BCUT2D eigenvalue weighted by Gasteiger charge is 2.35. The second kappa shape index (κ2) is 6.54. The van der Waals surface area contributed by atoms with Gasteiger partial charge in [-0.05, 0) is 50.3 Å². The zero-order valence-corrected chi connectivity index (χ0v) is 14.2. The van der Waals surface area contributed by atoms with Crippen LogP contribution in [-0.4, -0.2) is 17.0 Å². The normalized spacial score (nSPS) is 23.2. The molecule has 0 spiro atoms. The molecular weight excluding hydrogens is 318 g/mol. The van der Waals surface area contributed by atoms with Gasteiger partial charge in [0.1, 0.15) is 11.3 Å². The third-order valence-electron chi connectivity index (χ3n) is 5.64. The van der Waals surface area contributed by atoms with Crippen molar-refractivity contribution in [3.05, 3.63) is 29.5 Å². The molecule has 1 aromatic heterocycles. The number of carboxylic acid groups (broad SMARTS) is 1. The molecule has 2 N–H and O–H groups in total. The van der Waals surface area contributed by atoms with Gasteiger partial charge in [-0.15, -0.1) is 0 Å². The third-order valence-corrected chi connectivity index (χ3v) is 5.64. The molecule has 2 atom stereocenters. The van der Waals surface area contributed by atoms with Gasteiger partial charge in [0.15, 0.2) is 0 Å². The van der Waals surface area contributed by atoms with Crippen molar-refractivity contribution >= 4 is 28.5 Å². The summed E-state index contributed by atoms with van der Waals surface area (Å²) in [6.07, 6.45) is 7.35. The lowest BCUT2D eigenvalue weighted by atomic mass is 9.78. The molecular formula is C20H23NO4. The fourth-order valence-corrected chi connectivity index (χ4v) is 4.32. The van der Waals surface area contributed by atoms with Crippen LogP contribution < -0.4 is 5.32 Å². The SMILES string of the molecule is O=C(O)[C@H]1CCCC[C@H]1C(=O)Nc1ccc2oc3c(c2c1)CCCC3. The van der Waals surface area contributed by atoms with Crippen LogP contribution in [0.15, 0.2) is 22.6 Å². The summed E-state index contributed by atoms with van der Waals surface area (Å²) in [5, 5.41) is 13.4. The molecule has 1 saturated carbocycles. The minimum Gasteiger partial charge on any atom is -0.481 e. The summed E-state index contributed by atoms with van der Waals surface area (Å²) >= 11 is 0. The maximum atomic E-state index is 12.6. The first-order chi connectivity index (χ1) is 12.1. The lowest BCUT2D eigenvalue weighted by molar-refractivity contribution is -0.147. The number of aryl methyl sites for hydroxylation is 2. The average molecular weight is 341 g/mol. The van der Waals surface area contributed by atoms with Crippen LogP contribution in [0.25, 0.3) is 11.0 Å². The first-order valence-corrected chi connectivity index (χ1v) is 9.21. The number of fused-ring (bicyclic) bond motifs is 3. The number of aliphatic carboxylic acids is 1. The van der Waals surface area contributed by atoms with Crippen LogP contribution in [0, 0.1) is 11.8 Å². The molecule has 0 aliphatic heterocycles. The number of furan rings is 1. The van der Waals surface area contributed by atoms with E-state index in [9.17, 15) is 14.7 Å². The highest BCUT2D eigenvalue weighted by atomic mass is 16.4. The van der Waals surface area contributed by atoms with Gasteiger partial charge in [-0.25, -0.2) is 0 Å². The Bertz CT molecular complexity index is 822. The molecule has 0 unspecified atom stereocenters. The molecule has 0 bridgehead atoms. The van der Waals surface area contributed by atoms with Crippen molar-refractivity contribution in [2.45, 2.75) is 51.4 Å². The van der Waals surface area contributed by atoms with Crippen LogP contribution in [0.1, 0.15) is 49.8 Å². The molecule has 25 heavy (non-hydrogen) atoms. The minimum atomic E-state index is -0.862. The summed E-state index contributed by atoms with van der Waals surface area (Å²) in [5.74, 6) is -0.981. The van der Waals surface area contributed by atoms with Crippen molar-refractivity contribution in [1.82, 2.24) is 0 Å². The fourth-order valence-electron chi connectivity index (χ4n) is 4.32. The van der Waals surface area contributed by atoms with Crippen LogP contribution in [0.2, 0.25) is 0 Å². The zero-order valence-electron chi connectivity index (χ0n) is 14.2. The van der Waals surface area contributed by atoms with E-state index in [1.165, 1.54) is 12.0 Å². The highest BCUT2D eigenvalue weighted by molar-refractivity contribution is 5.97. The number of amides is 1. The molecule has 5 heteroatoms. The zero-order chi connectivity index (χ0) is 17.4. The number of anilines is 1. The van der Waals surface area contributed by atoms with E-state index in [1.807, 2.05) is 18.2 Å². The molecule has 1 fully saturated rings. The Labute approximate surface area is 146 Å². The molecule has 1 aromatic carbocycles. The topological polar surface area (TPSA) is 79.5 Å². The molecule has 5 nitrogen and oxygen atoms in total. The van der Waals surface area contributed by atoms with Crippen molar-refractivity contribution in [1.29, 1.82) is 0 Å². The number of nitrogens with one attached hydrogen (secondary N) is 1. The number of benzene rings is 1. The molecule has 0 radical (unpaired) electrons. The van der Waals surface area contributed by atoms with E-state index < -0.39 is 17.8 Å². The van der Waals surface area contributed by atoms with Gasteiger partial charge in [0, 0.05) is 23.1 Å². The first kappa shape index (κ1) is 16.2. The van der Waals surface area contributed by atoms with Crippen LogP contribution in [0.5, 0.6) is 0 Å². The molecule has 1 heterocycles. The van der Waals surface area contributed by atoms with E-state index in [1.54, 1.807) is 0 Å². The number of carboxylic acids is 1. The standard InChI is InChI=1S/C20H23NO4/c22-19(14-6-1-2-7-15(14)20(23)24)21-12-9-10-18-16(11-12)13-5-3-4-8-17(13)25-18/h9-11,14-15H,1-8H2,(H,21,22)(H,23,24)/t14-,15+/m1/s1. The van der Waals surface area contributed by atoms with Gasteiger partial charge >= 0.3 is 5.97 Å². The Morgan fingerprint density at radius 3 is 2.60 bits per heavy atom. The van der Waals surface area contributed by atoms with Gasteiger partial charge in [0.05, 0.1) is 11.8 Å². The monoisotopic (exact) mass is 341 g/mol. The van der Waals surface area contributed by atoms with Crippen molar-refractivity contribution in [3.63, 3.8) is 0 Å². The smallest absolute Gasteiger partial charge is 0.307 e. The summed E-state index contributed by atoms with van der Waals surface area (Å²) in [7, 11) is 0. The largest absolute Gasteiger partial charge is 0.481 e. The number of hydrogen-bond acceptors (Lipinski definition) is 3. The lowest BCUT2D eigenvalue weighted by Gasteiger charge is -2.27. The third kappa shape index (κ3) is 3.03. The number of rotatable bonds is 3. The Morgan fingerprint density at radius 2 is 1.80 bits per heavy atom. The second-order valence-electron chi connectivity index (χ2n) is 7.25. The lowest BCUT2D eigenvalue weighted by Crippen LogP contribution is -2.36. The van der Waals surface area contributed by atoms with E-state index in [4.69, 9.17) is 4.42 Å². The van der Waals surface area contributed by atoms with E-state index >= 15 is 0 Å². The Balaban J connectivity index is 1.57. The van der Waals surface area contributed by atoms with Crippen molar-refractivity contribution < 1.29 is 19.1 Å². The van der Waals surface area contributed by atoms with Crippen molar-refractivity contribution in [3.8, 4) is 0 Å². The first-order valence-electron chi connectivity index (χ1n) is 9.21. The van der Waals surface area contributed by atoms with Crippen LogP contribution >= 0.6 is 0 Å². The summed E-state index contributed by atoms with van der Waals surface area (Å²) in [5.41, 5.74) is 2.85. The van der Waals surface area contributed by atoms with Gasteiger partial charge in [-0.3, -0.25) is 9.59 Å². The predicted molar refractivity (Wildman–Crippen MR) is 94.6 cm³/mol. The molecule has 1 amide bonds. The van der Waals surface area contributed by atoms with Crippen LogP contribution in [0.3, 0.4) is 0 Å². The number of carbonyl (C=O) groups is 2. The van der Waals surface area contributed by atoms with Crippen molar-refractivity contribution in [2.75, 3.05) is 5.32 Å². The maximum absolute atomic E-state index is 12.6. The predicted octanol–water partition coefficient (Wildman–Crippen LogP) is 4.14. The Morgan fingerprint density at radius 1 is 1.04 bits per heavy atom. The summed E-state index contributed by atoms with van der Waals surface area (Å²) in [6, 6.07) is 5.71. The number of hydrogen-bond donors (Lipinski definition) is 2. The quantitative estimate of drug-likeness (QED) is 0.879. The molecule has 2 aromatic rings. The van der Waals surface area contributed by atoms with Gasteiger partial charge in [0.2, 0.25) is 5.91 Å². The van der Waals surface area contributed by atoms with Gasteiger partial charge < -0.3 is 14.8 Å². The Hall–Kier alpha value is -2.30. The van der Waals surface area contributed by atoms with E-state index in [2.05, 4.69) is 5.32 Å². The Kier molecular flexibility index (Phi) is 4.24. The van der Waals surface area contributed by atoms with Gasteiger partial charge in [-0.2, -0.15) is 0 Å². The summed E-state index contributed by atoms with van der Waals surface area (Å²) in [6.45, 7) is 0.